The van der Waals surface area contributed by atoms with Gasteiger partial charge < -0.3 is 9.73 Å². The third-order valence-corrected chi connectivity index (χ3v) is 5.35. The molecule has 0 saturated heterocycles. The highest BCUT2D eigenvalue weighted by atomic mass is 16.3. The van der Waals surface area contributed by atoms with E-state index in [2.05, 4.69) is 74.1 Å². The van der Waals surface area contributed by atoms with Crippen molar-refractivity contribution in [3.63, 3.8) is 0 Å². The van der Waals surface area contributed by atoms with Crippen molar-refractivity contribution in [1.82, 2.24) is 15.2 Å². The first-order valence-corrected chi connectivity index (χ1v) is 10.8. The first kappa shape index (κ1) is 22.8. The number of nitrogens with one attached hydrogen (secondary N) is 1. The average molecular weight is 420 g/mol. The van der Waals surface area contributed by atoms with Gasteiger partial charge in [-0.3, -0.25) is 9.69 Å². The minimum atomic E-state index is -0.229. The summed E-state index contributed by atoms with van der Waals surface area (Å²) in [7, 11) is 0. The molecule has 0 atom stereocenters. The molecule has 0 aliphatic carbocycles. The minimum absolute atomic E-state index is 0.145. The van der Waals surface area contributed by atoms with Crippen LogP contribution in [0.25, 0.3) is 0 Å². The standard InChI is InChI=1S/C26H33N3O2/c1-19(2)29(16-21-11-13-22(14-12-21)26(3,4)5)17-24-28-23(18-31-24)25(30)27-15-20-9-7-6-8-10-20/h6-14,18-19H,15-17H2,1-5H3,(H,27,30). The molecule has 1 amide bonds. The Kier molecular flexibility index (Phi) is 7.29. The third-order valence-electron chi connectivity index (χ3n) is 5.35. The Bertz CT molecular complexity index is 970. The molecule has 0 bridgehead atoms. The highest BCUT2D eigenvalue weighted by Gasteiger charge is 2.18. The molecule has 3 rings (SSSR count). The zero-order valence-electron chi connectivity index (χ0n) is 19.2. The van der Waals surface area contributed by atoms with Crippen LogP contribution in [0.15, 0.2) is 65.3 Å². The first-order chi connectivity index (χ1) is 14.7. The SMILES string of the molecule is CC(C)N(Cc1ccc(C(C)(C)C)cc1)Cc1nc(C(=O)NCc2ccccc2)co1. The molecule has 0 unspecified atom stereocenters. The van der Waals surface area contributed by atoms with Gasteiger partial charge in [0.2, 0.25) is 5.89 Å². The summed E-state index contributed by atoms with van der Waals surface area (Å²) in [4.78, 5) is 19.1. The number of rotatable bonds is 8. The highest BCUT2D eigenvalue weighted by Crippen LogP contribution is 2.23. The highest BCUT2D eigenvalue weighted by molar-refractivity contribution is 5.91. The average Bonchev–Trinajstić information content (AvgIpc) is 3.21. The van der Waals surface area contributed by atoms with Crippen molar-refractivity contribution in [2.45, 2.75) is 65.7 Å². The molecular weight excluding hydrogens is 386 g/mol. The number of amides is 1. The molecule has 0 aliphatic heterocycles. The Hall–Kier alpha value is -2.92. The molecule has 0 aliphatic rings. The summed E-state index contributed by atoms with van der Waals surface area (Å²) in [6, 6.07) is 18.9. The van der Waals surface area contributed by atoms with E-state index >= 15 is 0 Å². The van der Waals surface area contributed by atoms with E-state index in [0.717, 1.165) is 12.1 Å². The van der Waals surface area contributed by atoms with Crippen LogP contribution in [0.5, 0.6) is 0 Å². The lowest BCUT2D eigenvalue weighted by atomic mass is 9.87. The van der Waals surface area contributed by atoms with Crippen LogP contribution in [0.4, 0.5) is 0 Å². The molecule has 0 radical (unpaired) electrons. The topological polar surface area (TPSA) is 58.4 Å². The third kappa shape index (κ3) is 6.53. The molecule has 3 aromatic rings. The molecule has 0 saturated carbocycles. The van der Waals surface area contributed by atoms with Gasteiger partial charge in [0, 0.05) is 19.1 Å². The van der Waals surface area contributed by atoms with Crippen molar-refractivity contribution >= 4 is 5.91 Å². The minimum Gasteiger partial charge on any atom is -0.447 e. The molecule has 1 N–H and O–H groups in total. The molecule has 1 aromatic heterocycles. The Balaban J connectivity index is 1.60. The van der Waals surface area contributed by atoms with Crippen LogP contribution >= 0.6 is 0 Å². The predicted octanol–water partition coefficient (Wildman–Crippen LogP) is 5.31. The van der Waals surface area contributed by atoms with E-state index in [1.54, 1.807) is 0 Å². The summed E-state index contributed by atoms with van der Waals surface area (Å²) in [6.45, 7) is 12.8. The van der Waals surface area contributed by atoms with Gasteiger partial charge >= 0.3 is 0 Å². The number of hydrogen-bond acceptors (Lipinski definition) is 4. The summed E-state index contributed by atoms with van der Waals surface area (Å²) < 4.78 is 5.61. The molecule has 2 aromatic carbocycles. The number of aromatic nitrogens is 1. The first-order valence-electron chi connectivity index (χ1n) is 10.8. The molecule has 0 fully saturated rings. The van der Waals surface area contributed by atoms with Crippen molar-refractivity contribution < 1.29 is 9.21 Å². The summed E-state index contributed by atoms with van der Waals surface area (Å²) in [5.74, 6) is 0.317. The van der Waals surface area contributed by atoms with E-state index in [0.29, 0.717) is 30.7 Å². The maximum atomic E-state index is 12.4. The van der Waals surface area contributed by atoms with Gasteiger partial charge in [-0.1, -0.05) is 75.4 Å². The van der Waals surface area contributed by atoms with Crippen molar-refractivity contribution in [3.05, 3.63) is 89.1 Å². The van der Waals surface area contributed by atoms with Crippen molar-refractivity contribution in [2.24, 2.45) is 0 Å². The molecule has 5 nitrogen and oxygen atoms in total. The number of nitrogens with zero attached hydrogens (tertiary/aromatic N) is 2. The molecule has 5 heteroatoms. The van der Waals surface area contributed by atoms with Crippen LogP contribution in [-0.2, 0) is 25.0 Å². The van der Waals surface area contributed by atoms with Gasteiger partial charge in [-0.05, 0) is 36.0 Å². The predicted molar refractivity (Wildman–Crippen MR) is 124 cm³/mol. The number of carbonyl (C=O) groups is 1. The quantitative estimate of drug-likeness (QED) is 0.537. The Morgan fingerprint density at radius 3 is 2.29 bits per heavy atom. The maximum Gasteiger partial charge on any atom is 0.273 e. The smallest absolute Gasteiger partial charge is 0.273 e. The summed E-state index contributed by atoms with van der Waals surface area (Å²) in [5, 5.41) is 2.89. The number of oxazole rings is 1. The Morgan fingerprint density at radius 1 is 1.00 bits per heavy atom. The van der Waals surface area contributed by atoms with E-state index in [9.17, 15) is 4.79 Å². The molecule has 0 spiro atoms. The van der Waals surface area contributed by atoms with Gasteiger partial charge in [-0.25, -0.2) is 4.98 Å². The van der Waals surface area contributed by atoms with Crippen LogP contribution in [-0.4, -0.2) is 21.8 Å². The van der Waals surface area contributed by atoms with E-state index < -0.39 is 0 Å². The second-order valence-corrected chi connectivity index (χ2v) is 9.24. The van der Waals surface area contributed by atoms with E-state index in [-0.39, 0.29) is 11.3 Å². The molecule has 164 valence electrons. The van der Waals surface area contributed by atoms with Gasteiger partial charge in [0.15, 0.2) is 5.69 Å². The van der Waals surface area contributed by atoms with Crippen LogP contribution in [0, 0.1) is 0 Å². The van der Waals surface area contributed by atoms with Crippen LogP contribution in [0.2, 0.25) is 0 Å². The van der Waals surface area contributed by atoms with E-state index in [1.165, 1.54) is 17.4 Å². The molecular formula is C26H33N3O2. The monoisotopic (exact) mass is 419 g/mol. The Morgan fingerprint density at radius 2 is 1.68 bits per heavy atom. The van der Waals surface area contributed by atoms with Gasteiger partial charge in [-0.2, -0.15) is 0 Å². The lowest BCUT2D eigenvalue weighted by Crippen LogP contribution is -2.30. The van der Waals surface area contributed by atoms with Crippen LogP contribution in [0.1, 0.15) is 67.7 Å². The second-order valence-electron chi connectivity index (χ2n) is 9.24. The van der Waals surface area contributed by atoms with Gasteiger partial charge in [0.05, 0.1) is 6.54 Å². The molecule has 1 heterocycles. The van der Waals surface area contributed by atoms with Crippen LogP contribution in [0.3, 0.4) is 0 Å². The fourth-order valence-electron chi connectivity index (χ4n) is 3.30. The number of benzene rings is 2. The normalized spacial score (nSPS) is 11.8. The fourth-order valence-corrected chi connectivity index (χ4v) is 3.30. The van der Waals surface area contributed by atoms with Gasteiger partial charge in [-0.15, -0.1) is 0 Å². The zero-order chi connectivity index (χ0) is 22.4. The Labute approximate surface area is 185 Å². The van der Waals surface area contributed by atoms with Gasteiger partial charge in [0.1, 0.15) is 6.26 Å². The number of hydrogen-bond donors (Lipinski definition) is 1. The van der Waals surface area contributed by atoms with E-state index in [4.69, 9.17) is 4.42 Å². The second kappa shape index (κ2) is 9.92. The van der Waals surface area contributed by atoms with Gasteiger partial charge in [0.25, 0.3) is 5.91 Å². The lowest BCUT2D eigenvalue weighted by Gasteiger charge is -2.25. The largest absolute Gasteiger partial charge is 0.447 e. The lowest BCUT2D eigenvalue weighted by molar-refractivity contribution is 0.0945. The van der Waals surface area contributed by atoms with Crippen molar-refractivity contribution in [3.8, 4) is 0 Å². The zero-order valence-corrected chi connectivity index (χ0v) is 19.2. The maximum absolute atomic E-state index is 12.4. The summed E-state index contributed by atoms with van der Waals surface area (Å²) in [6.07, 6.45) is 1.44. The van der Waals surface area contributed by atoms with E-state index in [1.807, 2.05) is 30.3 Å². The van der Waals surface area contributed by atoms with Crippen molar-refractivity contribution in [1.29, 1.82) is 0 Å². The van der Waals surface area contributed by atoms with Crippen LogP contribution < -0.4 is 5.32 Å². The molecule has 31 heavy (non-hydrogen) atoms. The summed E-state index contributed by atoms with van der Waals surface area (Å²) >= 11 is 0. The van der Waals surface area contributed by atoms with Crippen molar-refractivity contribution in [2.75, 3.05) is 0 Å². The summed E-state index contributed by atoms with van der Waals surface area (Å²) in [5.41, 5.74) is 4.07. The fraction of sp³-hybridized carbons (Fsp3) is 0.385. The number of carbonyl (C=O) groups excluding carboxylic acids is 1.